The first kappa shape index (κ1) is 17.5. The van der Waals surface area contributed by atoms with Crippen molar-refractivity contribution in [3.05, 3.63) is 100 Å². The molecule has 0 radical (unpaired) electrons. The Morgan fingerprint density at radius 1 is 0.630 bits per heavy atom. The number of rotatable bonds is 3. The highest BCUT2D eigenvalue weighted by molar-refractivity contribution is 14.1. The summed E-state index contributed by atoms with van der Waals surface area (Å²) in [4.78, 5) is 0. The molecule has 4 heteroatoms. The molecule has 0 saturated heterocycles. The second-order valence-corrected chi connectivity index (χ2v) is 7.08. The maximum Gasteiger partial charge on any atom is 0.269 e. The first-order valence-corrected chi connectivity index (χ1v) is 9.58. The van der Waals surface area contributed by atoms with Gasteiger partial charge in [0.05, 0.1) is 3.57 Å². The third-order valence-corrected chi connectivity index (χ3v) is 5.34. The van der Waals surface area contributed by atoms with Gasteiger partial charge in [-0.3, -0.25) is 0 Å². The van der Waals surface area contributed by atoms with Crippen molar-refractivity contribution in [1.29, 1.82) is 0 Å². The second kappa shape index (κ2) is 7.80. The van der Waals surface area contributed by atoms with Crippen molar-refractivity contribution < 1.29 is 9.62 Å². The molecule has 132 valence electrons. The van der Waals surface area contributed by atoms with Crippen LogP contribution in [0.3, 0.4) is 0 Å². The Labute approximate surface area is 170 Å². The Morgan fingerprint density at radius 2 is 1.07 bits per heavy atom. The van der Waals surface area contributed by atoms with Crippen LogP contribution >= 0.6 is 22.6 Å². The molecule has 1 N–H and O–H groups in total. The van der Waals surface area contributed by atoms with Gasteiger partial charge in [0.15, 0.2) is 0 Å². The van der Waals surface area contributed by atoms with Crippen LogP contribution in [0.1, 0.15) is 0 Å². The van der Waals surface area contributed by atoms with E-state index >= 15 is 0 Å². The van der Waals surface area contributed by atoms with E-state index in [0.29, 0.717) is 5.76 Å². The summed E-state index contributed by atoms with van der Waals surface area (Å²) < 4.78 is 6.83. The fraction of sp³-hybridized carbons (Fsp3) is 0. The largest absolute Gasteiger partial charge is 0.434 e. The molecule has 3 aromatic carbocycles. The minimum absolute atomic E-state index is 0.202. The Bertz CT molecular complexity index is 1120. The highest BCUT2D eigenvalue weighted by Crippen LogP contribution is 2.41. The van der Waals surface area contributed by atoms with Crippen LogP contribution < -0.4 is 5.55 Å². The topological polar surface area (TPSA) is 45.7 Å². The number of hydrogen-bond acceptors (Lipinski definition) is 3. The lowest BCUT2D eigenvalue weighted by atomic mass is 9.92. The monoisotopic (exact) mass is 465 g/mol. The van der Waals surface area contributed by atoms with E-state index in [1.165, 1.54) is 0 Å². The average Bonchev–Trinajstić information content (AvgIpc) is 2.75. The summed E-state index contributed by atoms with van der Waals surface area (Å²) in [5, 5.41) is 13.0. The quantitative estimate of drug-likeness (QED) is 0.223. The van der Waals surface area contributed by atoms with Crippen molar-refractivity contribution in [2.45, 2.75) is 0 Å². The van der Waals surface area contributed by atoms with Crippen LogP contribution in [-0.2, 0) is 0 Å². The summed E-state index contributed by atoms with van der Waals surface area (Å²) in [6.45, 7) is 0. The van der Waals surface area contributed by atoms with E-state index in [1.54, 1.807) is 0 Å². The minimum Gasteiger partial charge on any atom is -0.434 e. The molecule has 3 nitrogen and oxygen atoms in total. The molecule has 0 saturated carbocycles. The maximum atomic E-state index is 9.55. The first-order chi connectivity index (χ1) is 13.3. The molecular formula is C23H16INO2. The standard InChI is InChI=1S/C23H16INO2/c24-21-19(16-10-4-1-5-11-16)20(17-12-6-2-7-13-17)22(27-23(21)25-26)18-14-8-3-9-15-18/h1-15,26H/b25-23+. The molecule has 4 aromatic rings. The maximum absolute atomic E-state index is 9.55. The summed E-state index contributed by atoms with van der Waals surface area (Å²) in [6.07, 6.45) is 0. The smallest absolute Gasteiger partial charge is 0.269 e. The predicted molar refractivity (Wildman–Crippen MR) is 115 cm³/mol. The van der Waals surface area contributed by atoms with Gasteiger partial charge in [-0.15, -0.1) is 0 Å². The van der Waals surface area contributed by atoms with E-state index in [-0.39, 0.29) is 5.55 Å². The summed E-state index contributed by atoms with van der Waals surface area (Å²) in [5.41, 5.74) is 5.17. The summed E-state index contributed by atoms with van der Waals surface area (Å²) >= 11 is 2.19. The van der Waals surface area contributed by atoms with Crippen molar-refractivity contribution in [3.8, 4) is 33.6 Å². The van der Waals surface area contributed by atoms with Crippen molar-refractivity contribution in [2.24, 2.45) is 5.16 Å². The number of benzene rings is 3. The number of hydrogen-bond donors (Lipinski definition) is 1. The molecule has 0 aliphatic carbocycles. The second-order valence-electron chi connectivity index (χ2n) is 6.00. The van der Waals surface area contributed by atoms with Gasteiger partial charge >= 0.3 is 0 Å². The van der Waals surface area contributed by atoms with Gasteiger partial charge in [-0.25, -0.2) is 0 Å². The van der Waals surface area contributed by atoms with Crippen LogP contribution in [-0.4, -0.2) is 5.21 Å². The fourth-order valence-corrected chi connectivity index (χ4v) is 3.94. The van der Waals surface area contributed by atoms with Gasteiger partial charge in [0.1, 0.15) is 5.76 Å². The van der Waals surface area contributed by atoms with Crippen molar-refractivity contribution in [2.75, 3.05) is 0 Å². The average molecular weight is 465 g/mol. The van der Waals surface area contributed by atoms with Crippen molar-refractivity contribution in [3.63, 3.8) is 0 Å². The van der Waals surface area contributed by atoms with Crippen LogP contribution in [0.4, 0.5) is 0 Å². The zero-order chi connectivity index (χ0) is 18.6. The van der Waals surface area contributed by atoms with E-state index in [0.717, 1.165) is 31.4 Å². The van der Waals surface area contributed by atoms with Gasteiger partial charge in [0, 0.05) is 16.7 Å². The molecule has 0 fully saturated rings. The molecule has 1 aromatic heterocycles. The van der Waals surface area contributed by atoms with Crippen LogP contribution in [0, 0.1) is 3.57 Å². The molecule has 27 heavy (non-hydrogen) atoms. The molecule has 0 aliphatic rings. The van der Waals surface area contributed by atoms with Crippen molar-refractivity contribution in [1.82, 2.24) is 0 Å². The molecule has 0 amide bonds. The van der Waals surface area contributed by atoms with Gasteiger partial charge in [-0.1, -0.05) is 91.0 Å². The molecule has 0 aliphatic heterocycles. The van der Waals surface area contributed by atoms with Gasteiger partial charge in [-0.2, -0.15) is 0 Å². The third-order valence-electron chi connectivity index (χ3n) is 4.33. The van der Waals surface area contributed by atoms with Crippen LogP contribution in [0.15, 0.2) is 101 Å². The van der Waals surface area contributed by atoms with Crippen molar-refractivity contribution >= 4 is 22.6 Å². The molecule has 0 bridgehead atoms. The van der Waals surface area contributed by atoms with E-state index in [1.807, 2.05) is 66.7 Å². The SMILES string of the molecule is O/N=c1/oc(-c2ccccc2)c(-c2ccccc2)c(-c2ccccc2)c1I. The Kier molecular flexibility index (Phi) is 5.07. The molecular weight excluding hydrogens is 449 g/mol. The highest BCUT2D eigenvalue weighted by Gasteiger charge is 2.21. The molecule has 1 heterocycles. The number of nitrogens with zero attached hydrogens (tertiary/aromatic N) is 1. The van der Waals surface area contributed by atoms with Crippen LogP contribution in [0.25, 0.3) is 33.6 Å². The van der Waals surface area contributed by atoms with Crippen LogP contribution in [0.2, 0.25) is 0 Å². The lowest BCUT2D eigenvalue weighted by Gasteiger charge is -2.16. The molecule has 0 atom stereocenters. The van der Waals surface area contributed by atoms with Gasteiger partial charge in [0.25, 0.3) is 5.55 Å². The Balaban J connectivity index is 2.17. The summed E-state index contributed by atoms with van der Waals surface area (Å²) in [6, 6.07) is 30.1. The number of halogens is 1. The van der Waals surface area contributed by atoms with E-state index in [9.17, 15) is 5.21 Å². The van der Waals surface area contributed by atoms with Gasteiger partial charge < -0.3 is 9.62 Å². The van der Waals surface area contributed by atoms with E-state index < -0.39 is 0 Å². The summed E-state index contributed by atoms with van der Waals surface area (Å²) in [7, 11) is 0. The first-order valence-electron chi connectivity index (χ1n) is 8.50. The Morgan fingerprint density at radius 3 is 1.56 bits per heavy atom. The fourth-order valence-electron chi connectivity index (χ4n) is 3.14. The third kappa shape index (κ3) is 3.40. The van der Waals surface area contributed by atoms with E-state index in [4.69, 9.17) is 4.42 Å². The zero-order valence-electron chi connectivity index (χ0n) is 14.3. The zero-order valence-corrected chi connectivity index (χ0v) is 16.5. The molecule has 4 rings (SSSR count). The van der Waals surface area contributed by atoms with Crippen LogP contribution in [0.5, 0.6) is 0 Å². The predicted octanol–water partition coefficient (Wildman–Crippen LogP) is 6.18. The lowest BCUT2D eigenvalue weighted by molar-refractivity contribution is 0.273. The van der Waals surface area contributed by atoms with Gasteiger partial charge in [0.2, 0.25) is 0 Å². The lowest BCUT2D eigenvalue weighted by Crippen LogP contribution is -2.11. The van der Waals surface area contributed by atoms with E-state index in [2.05, 4.69) is 52.0 Å². The normalized spacial score (nSPS) is 11.5. The van der Waals surface area contributed by atoms with Gasteiger partial charge in [-0.05, 0) is 38.9 Å². The Hall–Kier alpha value is -2.86. The summed E-state index contributed by atoms with van der Waals surface area (Å²) in [5.74, 6) is 0.675. The highest BCUT2D eigenvalue weighted by atomic mass is 127. The molecule has 0 unspecified atom stereocenters. The molecule has 0 spiro atoms. The minimum atomic E-state index is 0.202.